The van der Waals surface area contributed by atoms with Gasteiger partial charge in [0.1, 0.15) is 0 Å². The molecular formula is C26H39FO5Si2. The molecule has 0 aliphatic carbocycles. The van der Waals surface area contributed by atoms with Gasteiger partial charge in [-0.05, 0) is 56.8 Å². The largest absolute Gasteiger partial charge is 0.478 e. The molecule has 0 atom stereocenters. The molecule has 8 heteroatoms. The van der Waals surface area contributed by atoms with Crippen molar-refractivity contribution in [2.45, 2.75) is 77.6 Å². The molecule has 0 heterocycles. The molecule has 0 aliphatic rings. The number of carbonyl (C=O) groups is 2. The van der Waals surface area contributed by atoms with Gasteiger partial charge in [-0.25, -0.2) is 9.59 Å². The van der Waals surface area contributed by atoms with E-state index in [1.165, 1.54) is 12.1 Å². The summed E-state index contributed by atoms with van der Waals surface area (Å²) in [4.78, 5) is 32.4. The molecule has 0 aromatic heterocycles. The number of rotatable bonds is 8. The van der Waals surface area contributed by atoms with E-state index in [0.717, 1.165) is 5.19 Å². The fraction of sp³-hybridized carbons (Fsp3) is 0.462. The van der Waals surface area contributed by atoms with Gasteiger partial charge in [0.05, 0.1) is 11.1 Å². The first-order chi connectivity index (χ1) is 15.6. The molecule has 0 unspecified atom stereocenters. The van der Waals surface area contributed by atoms with Gasteiger partial charge in [0.15, 0.2) is 0 Å². The van der Waals surface area contributed by atoms with Crippen LogP contribution in [0.1, 0.15) is 76.1 Å². The average Bonchev–Trinajstić information content (AvgIpc) is 2.77. The molecule has 0 spiro atoms. The normalized spacial score (nSPS) is 12.2. The minimum atomic E-state index is -3.03. The second kappa shape index (κ2) is 11.9. The van der Waals surface area contributed by atoms with Gasteiger partial charge in [0.25, 0.3) is 8.41 Å². The van der Waals surface area contributed by atoms with Crippen LogP contribution in [-0.4, -0.2) is 43.7 Å². The second-order valence-corrected chi connectivity index (χ2v) is 18.9. The van der Waals surface area contributed by atoms with Crippen LogP contribution in [-0.2, 0) is 0 Å². The van der Waals surface area contributed by atoms with Crippen molar-refractivity contribution >= 4 is 39.0 Å². The molecule has 2 aromatic carbocycles. The van der Waals surface area contributed by atoms with E-state index in [0.29, 0.717) is 5.19 Å². The number of aromatic carboxylic acids is 2. The number of benzene rings is 2. The third-order valence-electron chi connectivity index (χ3n) is 6.61. The highest BCUT2D eigenvalue weighted by Crippen LogP contribution is 2.33. The highest BCUT2D eigenvalue weighted by Gasteiger charge is 2.43. The van der Waals surface area contributed by atoms with Crippen molar-refractivity contribution in [2.75, 3.05) is 0 Å². The zero-order chi connectivity index (χ0) is 26.4. The molecule has 0 radical (unpaired) electrons. The Morgan fingerprint density at radius 3 is 1.15 bits per heavy atom. The van der Waals surface area contributed by atoms with Crippen molar-refractivity contribution in [3.8, 4) is 0 Å². The van der Waals surface area contributed by atoms with Gasteiger partial charge in [-0.3, -0.25) is 0 Å². The molecule has 3 N–H and O–H groups in total. The molecule has 0 saturated carbocycles. The molecular weight excluding hydrogens is 467 g/mol. The fourth-order valence-corrected chi connectivity index (χ4v) is 11.1. The van der Waals surface area contributed by atoms with Crippen molar-refractivity contribution in [3.63, 3.8) is 0 Å². The van der Waals surface area contributed by atoms with E-state index in [-0.39, 0.29) is 33.3 Å². The van der Waals surface area contributed by atoms with Crippen molar-refractivity contribution in [2.24, 2.45) is 0 Å². The van der Waals surface area contributed by atoms with Gasteiger partial charge in [-0.15, -0.1) is 0 Å². The Bertz CT molecular complexity index is 859. The van der Waals surface area contributed by atoms with Crippen LogP contribution in [0.4, 0.5) is 4.11 Å². The number of carboxylic acid groups (broad SMARTS) is 2. The summed E-state index contributed by atoms with van der Waals surface area (Å²) >= 11 is 0. The predicted octanol–water partition coefficient (Wildman–Crippen LogP) is 5.68. The quantitative estimate of drug-likeness (QED) is 0.316. The summed E-state index contributed by atoms with van der Waals surface area (Å²) in [5.74, 6) is -1.91. The summed E-state index contributed by atoms with van der Waals surface area (Å²) in [5, 5.41) is 19.3. The first kappa shape index (κ1) is 29.7. The predicted molar refractivity (Wildman–Crippen MR) is 141 cm³/mol. The number of halogens is 1. The highest BCUT2D eigenvalue weighted by molar-refractivity contribution is 6.88. The number of hydrogen-bond donors (Lipinski definition) is 3. The summed E-state index contributed by atoms with van der Waals surface area (Å²) in [6.07, 6.45) is 0. The van der Waals surface area contributed by atoms with Gasteiger partial charge < -0.3 is 19.1 Å². The molecule has 5 nitrogen and oxygen atoms in total. The standard InChI is InChI=1S/C13H19FO2Si.C13H20O3Si/c1-9(2)17(14,10(3)4)12-7-5-11(6-8-12)13(15)16;1-9(2)17(16,10(3)4)12-7-5-11(6-8-12)13(14)15/h5-10H,1-4H3,(H,15,16);5-10,16H,1-4H3,(H,14,15). The maximum absolute atomic E-state index is 15.1. The molecule has 0 amide bonds. The summed E-state index contributed by atoms with van der Waals surface area (Å²) in [5.41, 5.74) is 0.850. The third kappa shape index (κ3) is 6.43. The monoisotopic (exact) mass is 506 g/mol. The number of hydrogen-bond acceptors (Lipinski definition) is 3. The fourth-order valence-electron chi connectivity index (χ4n) is 4.41. The van der Waals surface area contributed by atoms with Crippen LogP contribution in [0.3, 0.4) is 0 Å². The van der Waals surface area contributed by atoms with Crippen LogP contribution < -0.4 is 10.4 Å². The van der Waals surface area contributed by atoms with Gasteiger partial charge in [0, 0.05) is 0 Å². The van der Waals surface area contributed by atoms with Gasteiger partial charge >= 0.3 is 11.9 Å². The van der Waals surface area contributed by atoms with Crippen LogP contribution >= 0.6 is 0 Å². The summed E-state index contributed by atoms with van der Waals surface area (Å²) in [6, 6.07) is 12.9. The Kier molecular flexibility index (Phi) is 10.4. The lowest BCUT2D eigenvalue weighted by Gasteiger charge is -2.33. The molecule has 34 heavy (non-hydrogen) atoms. The van der Waals surface area contributed by atoms with E-state index in [2.05, 4.69) is 0 Å². The molecule has 2 rings (SSSR count). The zero-order valence-corrected chi connectivity index (χ0v) is 23.5. The van der Waals surface area contributed by atoms with Crippen molar-refractivity contribution in [1.82, 2.24) is 0 Å². The Labute approximate surface area is 205 Å². The van der Waals surface area contributed by atoms with Crippen LogP contribution in [0.25, 0.3) is 0 Å². The molecule has 0 bridgehead atoms. The van der Waals surface area contributed by atoms with Crippen molar-refractivity contribution < 1.29 is 28.7 Å². The molecule has 0 fully saturated rings. The van der Waals surface area contributed by atoms with E-state index in [9.17, 15) is 14.4 Å². The zero-order valence-electron chi connectivity index (χ0n) is 21.5. The summed E-state index contributed by atoms with van der Waals surface area (Å²) < 4.78 is 15.1. The van der Waals surface area contributed by atoms with Crippen molar-refractivity contribution in [1.29, 1.82) is 0 Å². The summed E-state index contributed by atoms with van der Waals surface area (Å²) in [6.45, 7) is 15.7. The Hall–Kier alpha value is -2.30. The maximum atomic E-state index is 15.1. The van der Waals surface area contributed by atoms with Crippen LogP contribution in [0, 0.1) is 0 Å². The molecule has 0 saturated heterocycles. The Morgan fingerprint density at radius 1 is 0.618 bits per heavy atom. The van der Waals surface area contributed by atoms with E-state index >= 15 is 4.11 Å². The second-order valence-electron chi connectivity index (χ2n) is 9.98. The lowest BCUT2D eigenvalue weighted by molar-refractivity contribution is 0.0686. The molecule has 2 aromatic rings. The number of carboxylic acids is 2. The SMILES string of the molecule is CC(C)[Si](F)(c1ccc(C(=O)O)cc1)C(C)C.CC(C)[Si](O)(c1ccc(C(=O)O)cc1)C(C)C. The van der Waals surface area contributed by atoms with E-state index in [4.69, 9.17) is 10.2 Å². The minimum Gasteiger partial charge on any atom is -0.478 e. The van der Waals surface area contributed by atoms with E-state index in [1.54, 1.807) is 36.4 Å². The molecule has 188 valence electrons. The average molecular weight is 507 g/mol. The third-order valence-corrected chi connectivity index (χ3v) is 16.0. The molecule has 0 aliphatic heterocycles. The van der Waals surface area contributed by atoms with Gasteiger partial charge in [-0.2, -0.15) is 0 Å². The lowest BCUT2D eigenvalue weighted by atomic mass is 10.2. The summed E-state index contributed by atoms with van der Waals surface area (Å²) in [7, 11) is -5.56. The van der Waals surface area contributed by atoms with Gasteiger partial charge in [-0.1, -0.05) is 79.7 Å². The van der Waals surface area contributed by atoms with Crippen LogP contribution in [0.5, 0.6) is 0 Å². The minimum absolute atomic E-state index is 0.0156. The first-order valence-corrected chi connectivity index (χ1v) is 15.8. The van der Waals surface area contributed by atoms with E-state index < -0.39 is 28.7 Å². The van der Waals surface area contributed by atoms with Gasteiger partial charge in [0.2, 0.25) is 8.32 Å². The lowest BCUT2D eigenvalue weighted by Crippen LogP contribution is -2.53. The van der Waals surface area contributed by atoms with Crippen molar-refractivity contribution in [3.05, 3.63) is 59.7 Å². The first-order valence-electron chi connectivity index (χ1n) is 11.7. The smallest absolute Gasteiger partial charge is 0.335 e. The Balaban J connectivity index is 0.000000340. The highest BCUT2D eigenvalue weighted by atomic mass is 28.4. The van der Waals surface area contributed by atoms with Crippen LogP contribution in [0.2, 0.25) is 22.2 Å². The van der Waals surface area contributed by atoms with Crippen LogP contribution in [0.15, 0.2) is 48.5 Å². The topological polar surface area (TPSA) is 94.8 Å². The van der Waals surface area contributed by atoms with E-state index in [1.807, 2.05) is 55.4 Å². The maximum Gasteiger partial charge on any atom is 0.335 e. The Morgan fingerprint density at radius 2 is 0.912 bits per heavy atom.